The molecule has 0 radical (unpaired) electrons. The van der Waals surface area contributed by atoms with E-state index in [1.165, 1.54) is 57.8 Å². The van der Waals surface area contributed by atoms with Gasteiger partial charge >= 0.3 is 17.9 Å². The van der Waals surface area contributed by atoms with Crippen LogP contribution in [0.2, 0.25) is 0 Å². The molecule has 0 saturated carbocycles. The summed E-state index contributed by atoms with van der Waals surface area (Å²) in [6.07, 6.45) is 44.0. The van der Waals surface area contributed by atoms with Crippen molar-refractivity contribution in [2.45, 2.75) is 200 Å². The number of hydrogen-bond donors (Lipinski definition) is 0. The van der Waals surface area contributed by atoms with Crippen LogP contribution in [-0.2, 0) is 28.6 Å². The van der Waals surface area contributed by atoms with E-state index in [1.807, 2.05) is 0 Å². The lowest BCUT2D eigenvalue weighted by Crippen LogP contribution is -2.30. The highest BCUT2D eigenvalue weighted by Crippen LogP contribution is 2.12. The normalized spacial score (nSPS) is 12.5. The third-order valence-corrected chi connectivity index (χ3v) is 8.57. The summed E-state index contributed by atoms with van der Waals surface area (Å²) in [5.74, 6) is -0.942. The molecule has 0 aromatic heterocycles. The summed E-state index contributed by atoms with van der Waals surface area (Å²) < 4.78 is 16.5. The molecule has 0 N–H and O–H groups in total. The summed E-state index contributed by atoms with van der Waals surface area (Å²) in [7, 11) is 0. The van der Waals surface area contributed by atoms with E-state index in [1.54, 1.807) is 0 Å². The lowest BCUT2D eigenvalue weighted by molar-refractivity contribution is -0.167. The molecule has 0 aliphatic heterocycles. The van der Waals surface area contributed by atoms with E-state index in [0.29, 0.717) is 19.3 Å². The molecule has 0 heterocycles. The fourth-order valence-corrected chi connectivity index (χ4v) is 5.45. The van der Waals surface area contributed by atoms with Crippen molar-refractivity contribution in [3.8, 4) is 0 Å². The summed E-state index contributed by atoms with van der Waals surface area (Å²) in [5, 5.41) is 0. The van der Waals surface area contributed by atoms with E-state index in [0.717, 1.165) is 96.3 Å². The maximum Gasteiger partial charge on any atom is 0.306 e. The molecule has 0 bridgehead atoms. The first-order chi connectivity index (χ1) is 24.5. The topological polar surface area (TPSA) is 78.9 Å². The molecular formula is C44H76O6. The minimum Gasteiger partial charge on any atom is -0.462 e. The molecule has 0 amide bonds. The van der Waals surface area contributed by atoms with E-state index in [2.05, 4.69) is 69.4 Å². The molecule has 0 aromatic carbocycles. The predicted octanol–water partition coefficient (Wildman–Crippen LogP) is 12.8. The number of carbonyl (C=O) groups is 3. The number of ether oxygens (including phenoxy) is 3. The lowest BCUT2D eigenvalue weighted by Gasteiger charge is -2.18. The van der Waals surface area contributed by atoms with Crippen molar-refractivity contribution in [1.29, 1.82) is 0 Å². The second-order valence-electron chi connectivity index (χ2n) is 13.5. The fraction of sp³-hybridized carbons (Fsp3) is 0.750. The van der Waals surface area contributed by atoms with Crippen molar-refractivity contribution in [3.05, 3.63) is 48.6 Å². The van der Waals surface area contributed by atoms with Crippen molar-refractivity contribution in [1.82, 2.24) is 0 Å². The predicted molar refractivity (Wildman–Crippen MR) is 210 cm³/mol. The fourth-order valence-electron chi connectivity index (χ4n) is 5.45. The van der Waals surface area contributed by atoms with Crippen LogP contribution in [0.1, 0.15) is 194 Å². The highest BCUT2D eigenvalue weighted by molar-refractivity contribution is 5.71. The zero-order chi connectivity index (χ0) is 36.6. The Morgan fingerprint density at radius 3 is 1.28 bits per heavy atom. The van der Waals surface area contributed by atoms with E-state index in [4.69, 9.17) is 14.2 Å². The highest BCUT2D eigenvalue weighted by Gasteiger charge is 2.19. The van der Waals surface area contributed by atoms with Crippen molar-refractivity contribution < 1.29 is 28.6 Å². The van der Waals surface area contributed by atoms with Crippen LogP contribution in [0.15, 0.2) is 48.6 Å². The first kappa shape index (κ1) is 47.4. The molecular weight excluding hydrogens is 624 g/mol. The summed E-state index contributed by atoms with van der Waals surface area (Å²) >= 11 is 0. The Kier molecular flexibility index (Phi) is 37.1. The zero-order valence-electron chi connectivity index (χ0n) is 32.7. The van der Waals surface area contributed by atoms with Gasteiger partial charge in [0.15, 0.2) is 6.10 Å². The van der Waals surface area contributed by atoms with Crippen LogP contribution < -0.4 is 0 Å². The first-order valence-corrected chi connectivity index (χ1v) is 20.6. The van der Waals surface area contributed by atoms with Gasteiger partial charge in [-0.3, -0.25) is 14.4 Å². The minimum absolute atomic E-state index is 0.0865. The van der Waals surface area contributed by atoms with E-state index in [9.17, 15) is 14.4 Å². The summed E-state index contributed by atoms with van der Waals surface area (Å²) in [6, 6.07) is 0. The van der Waals surface area contributed by atoms with Crippen molar-refractivity contribution in [2.75, 3.05) is 13.2 Å². The van der Waals surface area contributed by atoms with Gasteiger partial charge in [-0.2, -0.15) is 0 Å². The second kappa shape index (κ2) is 39.2. The third kappa shape index (κ3) is 36.6. The number of hydrogen-bond acceptors (Lipinski definition) is 6. The van der Waals surface area contributed by atoms with Crippen LogP contribution in [0.3, 0.4) is 0 Å². The minimum atomic E-state index is -0.782. The van der Waals surface area contributed by atoms with Crippen LogP contribution in [-0.4, -0.2) is 37.2 Å². The second-order valence-corrected chi connectivity index (χ2v) is 13.5. The number of carbonyl (C=O) groups excluding carboxylic acids is 3. The molecule has 0 aliphatic rings. The average molecular weight is 701 g/mol. The Morgan fingerprint density at radius 1 is 0.420 bits per heavy atom. The third-order valence-electron chi connectivity index (χ3n) is 8.57. The van der Waals surface area contributed by atoms with E-state index < -0.39 is 6.10 Å². The molecule has 6 heteroatoms. The Labute approximate surface area is 307 Å². The Balaban J connectivity index is 4.38. The molecule has 0 aromatic rings. The van der Waals surface area contributed by atoms with Gasteiger partial charge in [0.2, 0.25) is 0 Å². The van der Waals surface area contributed by atoms with Gasteiger partial charge in [0.1, 0.15) is 13.2 Å². The Morgan fingerprint density at radius 2 is 0.780 bits per heavy atom. The van der Waals surface area contributed by atoms with Crippen LogP contribution >= 0.6 is 0 Å². The largest absolute Gasteiger partial charge is 0.462 e. The molecule has 0 fully saturated rings. The quantitative estimate of drug-likeness (QED) is 0.0280. The molecule has 0 spiro atoms. The smallest absolute Gasteiger partial charge is 0.306 e. The van der Waals surface area contributed by atoms with Crippen LogP contribution in [0.4, 0.5) is 0 Å². The number of allylic oxidation sites excluding steroid dienone is 8. The van der Waals surface area contributed by atoms with Crippen molar-refractivity contribution >= 4 is 17.9 Å². The van der Waals surface area contributed by atoms with Gasteiger partial charge in [0.05, 0.1) is 0 Å². The molecule has 6 nitrogen and oxygen atoms in total. The van der Waals surface area contributed by atoms with Gasteiger partial charge in [0, 0.05) is 19.3 Å². The molecule has 1 atom stereocenters. The van der Waals surface area contributed by atoms with Crippen LogP contribution in [0, 0.1) is 0 Å². The van der Waals surface area contributed by atoms with Crippen LogP contribution in [0.5, 0.6) is 0 Å². The van der Waals surface area contributed by atoms with Gasteiger partial charge in [-0.05, 0) is 77.0 Å². The Hall–Kier alpha value is -2.63. The number of unbranched alkanes of at least 4 members (excludes halogenated alkanes) is 17. The summed E-state index contributed by atoms with van der Waals surface area (Å²) in [4.78, 5) is 37.4. The molecule has 0 aliphatic carbocycles. The molecule has 288 valence electrons. The van der Waals surface area contributed by atoms with Gasteiger partial charge in [-0.1, -0.05) is 146 Å². The summed E-state index contributed by atoms with van der Waals surface area (Å²) in [6.45, 7) is 6.39. The molecule has 1 unspecified atom stereocenters. The lowest BCUT2D eigenvalue weighted by atomic mass is 10.1. The summed E-state index contributed by atoms with van der Waals surface area (Å²) in [5.41, 5.74) is 0. The standard InChI is InChI=1S/C44H76O6/c1-4-7-10-13-16-18-20-22-24-26-28-31-34-37-43(46)49-40-41(39-48-42(45)36-33-30-15-12-9-6-3)50-44(47)38-35-32-29-27-25-23-21-19-17-14-11-8-5-2/h7,10,16,18-19,21-22,24,41H,4-6,8-9,11-15,17,20,23,25-40H2,1-3H3/b10-7-,18-16-,21-19-,24-22-. The maximum absolute atomic E-state index is 12.6. The number of rotatable bonds is 36. The van der Waals surface area contributed by atoms with Crippen molar-refractivity contribution in [2.24, 2.45) is 0 Å². The van der Waals surface area contributed by atoms with Gasteiger partial charge in [0.25, 0.3) is 0 Å². The number of esters is 3. The SMILES string of the molecule is CC/C=C\C/C=C\C/C=C\CCCCCC(=O)OCC(COC(=O)CCCCCCCC)OC(=O)CCCCCCC/C=C\CCCCCC. The molecule has 0 rings (SSSR count). The van der Waals surface area contributed by atoms with Gasteiger partial charge in [-0.25, -0.2) is 0 Å². The molecule has 50 heavy (non-hydrogen) atoms. The van der Waals surface area contributed by atoms with Crippen LogP contribution in [0.25, 0.3) is 0 Å². The van der Waals surface area contributed by atoms with E-state index >= 15 is 0 Å². The van der Waals surface area contributed by atoms with E-state index in [-0.39, 0.29) is 31.1 Å². The first-order valence-electron chi connectivity index (χ1n) is 20.6. The molecule has 0 saturated heterocycles. The Bertz CT molecular complexity index is 902. The highest BCUT2D eigenvalue weighted by atomic mass is 16.6. The van der Waals surface area contributed by atoms with Gasteiger partial charge in [-0.15, -0.1) is 0 Å². The van der Waals surface area contributed by atoms with Crippen molar-refractivity contribution in [3.63, 3.8) is 0 Å². The van der Waals surface area contributed by atoms with Gasteiger partial charge < -0.3 is 14.2 Å². The monoisotopic (exact) mass is 701 g/mol. The maximum atomic E-state index is 12.6. The average Bonchev–Trinajstić information content (AvgIpc) is 3.11. The zero-order valence-corrected chi connectivity index (χ0v) is 32.7.